The molecule has 0 saturated carbocycles. The van der Waals surface area contributed by atoms with Gasteiger partial charge in [0.15, 0.2) is 0 Å². The fraction of sp³-hybridized carbons (Fsp3) is 0.133. The predicted octanol–water partition coefficient (Wildman–Crippen LogP) is 3.18. The highest BCUT2D eigenvalue weighted by Gasteiger charge is 2.08. The first-order valence-electron chi connectivity index (χ1n) is 5.72. The van der Waals surface area contributed by atoms with Crippen LogP contribution in [0.3, 0.4) is 0 Å². The molecule has 0 radical (unpaired) electrons. The van der Waals surface area contributed by atoms with Gasteiger partial charge in [-0.15, -0.1) is 0 Å². The average molecular weight is 241 g/mol. The molecule has 2 aromatic carbocycles. The summed E-state index contributed by atoms with van der Waals surface area (Å²) < 4.78 is 4.73. The van der Waals surface area contributed by atoms with Crippen LogP contribution in [0, 0.1) is 0 Å². The molecular weight excluding hydrogens is 226 g/mol. The molecule has 0 bridgehead atoms. The minimum atomic E-state index is -0.321. The van der Waals surface area contributed by atoms with Gasteiger partial charge < -0.3 is 10.1 Å². The van der Waals surface area contributed by atoms with Gasteiger partial charge in [-0.05, 0) is 23.8 Å². The van der Waals surface area contributed by atoms with Crippen molar-refractivity contribution in [3.05, 3.63) is 54.1 Å². The number of nitrogens with one attached hydrogen (secondary N) is 1. The number of carbonyl (C=O) groups excluding carboxylic acids is 1. The summed E-state index contributed by atoms with van der Waals surface area (Å²) in [4.78, 5) is 11.5. The number of esters is 1. The van der Waals surface area contributed by atoms with Crippen molar-refractivity contribution in [1.82, 2.24) is 0 Å². The van der Waals surface area contributed by atoms with Crippen molar-refractivity contribution in [2.24, 2.45) is 0 Å². The van der Waals surface area contributed by atoms with E-state index in [0.29, 0.717) is 5.56 Å². The van der Waals surface area contributed by atoms with E-state index in [4.69, 9.17) is 4.74 Å². The molecular formula is C15H15NO2. The standard InChI is InChI=1S/C15H15NO2/c1-16-14-9-4-3-8-13(14)11-6-5-7-12(10-11)15(17)18-2/h3-10,16H,1-2H3. The molecule has 0 spiro atoms. The Morgan fingerprint density at radius 3 is 2.61 bits per heavy atom. The van der Waals surface area contributed by atoms with E-state index in [-0.39, 0.29) is 5.97 Å². The first-order chi connectivity index (χ1) is 8.76. The molecule has 0 aromatic heterocycles. The van der Waals surface area contributed by atoms with Crippen LogP contribution in [0.2, 0.25) is 0 Å². The van der Waals surface area contributed by atoms with Gasteiger partial charge >= 0.3 is 5.97 Å². The number of carbonyl (C=O) groups is 1. The van der Waals surface area contributed by atoms with Crippen LogP contribution in [0.4, 0.5) is 5.69 Å². The SMILES string of the molecule is CNc1ccccc1-c1cccc(C(=O)OC)c1. The fourth-order valence-electron chi connectivity index (χ4n) is 1.88. The Hall–Kier alpha value is -2.29. The summed E-state index contributed by atoms with van der Waals surface area (Å²) in [5, 5.41) is 3.14. The lowest BCUT2D eigenvalue weighted by atomic mass is 10.0. The molecule has 0 aliphatic carbocycles. The summed E-state index contributed by atoms with van der Waals surface area (Å²) in [6.07, 6.45) is 0. The van der Waals surface area contributed by atoms with Gasteiger partial charge in [0.1, 0.15) is 0 Å². The van der Waals surface area contributed by atoms with Crippen LogP contribution in [-0.2, 0) is 4.74 Å². The van der Waals surface area contributed by atoms with Crippen molar-refractivity contribution in [2.75, 3.05) is 19.5 Å². The zero-order chi connectivity index (χ0) is 13.0. The van der Waals surface area contributed by atoms with E-state index in [2.05, 4.69) is 5.32 Å². The second kappa shape index (κ2) is 5.36. The molecule has 0 heterocycles. The quantitative estimate of drug-likeness (QED) is 0.839. The van der Waals surface area contributed by atoms with Gasteiger partial charge in [-0.2, -0.15) is 0 Å². The number of para-hydroxylation sites is 1. The van der Waals surface area contributed by atoms with E-state index in [0.717, 1.165) is 16.8 Å². The third kappa shape index (κ3) is 2.35. The van der Waals surface area contributed by atoms with Gasteiger partial charge in [0.05, 0.1) is 12.7 Å². The molecule has 0 atom stereocenters. The Kier molecular flexibility index (Phi) is 3.63. The van der Waals surface area contributed by atoms with E-state index in [9.17, 15) is 4.79 Å². The fourth-order valence-corrected chi connectivity index (χ4v) is 1.88. The van der Waals surface area contributed by atoms with Crippen LogP contribution in [-0.4, -0.2) is 20.1 Å². The number of ether oxygens (including phenoxy) is 1. The predicted molar refractivity (Wildman–Crippen MR) is 72.8 cm³/mol. The van der Waals surface area contributed by atoms with E-state index in [1.807, 2.05) is 49.5 Å². The second-order valence-corrected chi connectivity index (χ2v) is 3.87. The molecule has 1 N–H and O–H groups in total. The van der Waals surface area contributed by atoms with Crippen LogP contribution in [0.25, 0.3) is 11.1 Å². The second-order valence-electron chi connectivity index (χ2n) is 3.87. The van der Waals surface area contributed by atoms with Gasteiger partial charge in [0.2, 0.25) is 0 Å². The Morgan fingerprint density at radius 1 is 1.11 bits per heavy atom. The molecule has 3 nitrogen and oxygen atoms in total. The maximum Gasteiger partial charge on any atom is 0.337 e. The van der Waals surface area contributed by atoms with Gasteiger partial charge in [-0.25, -0.2) is 4.79 Å². The zero-order valence-electron chi connectivity index (χ0n) is 10.4. The van der Waals surface area contributed by atoms with Gasteiger partial charge in [-0.1, -0.05) is 30.3 Å². The molecule has 0 aliphatic rings. The van der Waals surface area contributed by atoms with E-state index >= 15 is 0 Å². The summed E-state index contributed by atoms with van der Waals surface area (Å²) in [6, 6.07) is 15.4. The number of rotatable bonds is 3. The number of anilines is 1. The molecule has 0 unspecified atom stereocenters. The third-order valence-electron chi connectivity index (χ3n) is 2.79. The van der Waals surface area contributed by atoms with Crippen molar-refractivity contribution < 1.29 is 9.53 Å². The summed E-state index contributed by atoms with van der Waals surface area (Å²) in [5.41, 5.74) is 3.63. The summed E-state index contributed by atoms with van der Waals surface area (Å²) >= 11 is 0. The highest BCUT2D eigenvalue weighted by atomic mass is 16.5. The first kappa shape index (κ1) is 12.2. The zero-order valence-corrected chi connectivity index (χ0v) is 10.4. The number of methoxy groups -OCH3 is 1. The van der Waals surface area contributed by atoms with Crippen molar-refractivity contribution >= 4 is 11.7 Å². The van der Waals surface area contributed by atoms with Crippen LogP contribution < -0.4 is 5.32 Å². The van der Waals surface area contributed by atoms with Crippen LogP contribution in [0.1, 0.15) is 10.4 Å². The normalized spacial score (nSPS) is 9.89. The molecule has 0 fully saturated rings. The number of hydrogen-bond donors (Lipinski definition) is 1. The molecule has 2 aromatic rings. The Morgan fingerprint density at radius 2 is 1.89 bits per heavy atom. The van der Waals surface area contributed by atoms with Gasteiger partial charge in [-0.3, -0.25) is 0 Å². The lowest BCUT2D eigenvalue weighted by Gasteiger charge is -2.09. The van der Waals surface area contributed by atoms with E-state index in [1.165, 1.54) is 7.11 Å². The number of benzene rings is 2. The molecule has 18 heavy (non-hydrogen) atoms. The maximum absolute atomic E-state index is 11.5. The smallest absolute Gasteiger partial charge is 0.337 e. The minimum Gasteiger partial charge on any atom is -0.465 e. The monoisotopic (exact) mass is 241 g/mol. The van der Waals surface area contributed by atoms with Crippen molar-refractivity contribution in [1.29, 1.82) is 0 Å². The largest absolute Gasteiger partial charge is 0.465 e. The van der Waals surface area contributed by atoms with Crippen molar-refractivity contribution in [3.63, 3.8) is 0 Å². The summed E-state index contributed by atoms with van der Waals surface area (Å²) in [5.74, 6) is -0.321. The molecule has 2 rings (SSSR count). The molecule has 0 aliphatic heterocycles. The Balaban J connectivity index is 2.48. The van der Waals surface area contributed by atoms with Crippen LogP contribution >= 0.6 is 0 Å². The maximum atomic E-state index is 11.5. The van der Waals surface area contributed by atoms with Crippen molar-refractivity contribution in [3.8, 4) is 11.1 Å². The van der Waals surface area contributed by atoms with Crippen LogP contribution in [0.5, 0.6) is 0 Å². The molecule has 0 amide bonds. The summed E-state index contributed by atoms with van der Waals surface area (Å²) in [6.45, 7) is 0. The first-order valence-corrected chi connectivity index (χ1v) is 5.72. The highest BCUT2D eigenvalue weighted by Crippen LogP contribution is 2.28. The molecule has 3 heteroatoms. The molecule has 0 saturated heterocycles. The Bertz CT molecular complexity index is 564. The third-order valence-corrected chi connectivity index (χ3v) is 2.79. The average Bonchev–Trinajstić information content (AvgIpc) is 2.46. The van der Waals surface area contributed by atoms with Crippen molar-refractivity contribution in [2.45, 2.75) is 0 Å². The topological polar surface area (TPSA) is 38.3 Å². The molecule has 92 valence electrons. The highest BCUT2D eigenvalue weighted by molar-refractivity contribution is 5.91. The van der Waals surface area contributed by atoms with E-state index < -0.39 is 0 Å². The number of hydrogen-bond acceptors (Lipinski definition) is 3. The minimum absolute atomic E-state index is 0.321. The Labute approximate surface area is 106 Å². The van der Waals surface area contributed by atoms with Gasteiger partial charge in [0, 0.05) is 18.3 Å². The lowest BCUT2D eigenvalue weighted by Crippen LogP contribution is -2.01. The summed E-state index contributed by atoms with van der Waals surface area (Å²) in [7, 11) is 3.26. The van der Waals surface area contributed by atoms with E-state index in [1.54, 1.807) is 6.07 Å². The van der Waals surface area contributed by atoms with Gasteiger partial charge in [0.25, 0.3) is 0 Å². The van der Waals surface area contributed by atoms with Crippen LogP contribution in [0.15, 0.2) is 48.5 Å². The lowest BCUT2D eigenvalue weighted by molar-refractivity contribution is 0.0601.